The molecule has 0 radical (unpaired) electrons. The second-order valence-electron chi connectivity index (χ2n) is 6.74. The van der Waals surface area contributed by atoms with Crippen LogP contribution in [0.4, 0.5) is 0 Å². The summed E-state index contributed by atoms with van der Waals surface area (Å²) in [5.41, 5.74) is 1.53. The van der Waals surface area contributed by atoms with E-state index < -0.39 is 8.32 Å². The molecule has 1 aromatic rings. The molecule has 0 aliphatic rings. The van der Waals surface area contributed by atoms with Crippen molar-refractivity contribution in [1.82, 2.24) is 0 Å². The third kappa shape index (κ3) is 6.43. The van der Waals surface area contributed by atoms with Crippen LogP contribution in [-0.4, -0.2) is 27.2 Å². The van der Waals surface area contributed by atoms with E-state index in [1.807, 2.05) is 30.3 Å². The number of rotatable bonds is 6. The molecule has 1 aromatic carbocycles. The van der Waals surface area contributed by atoms with Crippen LogP contribution in [0.2, 0.25) is 18.1 Å². The lowest BCUT2D eigenvalue weighted by molar-refractivity contribution is 0.175. The van der Waals surface area contributed by atoms with Gasteiger partial charge in [-0.3, -0.25) is 0 Å². The van der Waals surface area contributed by atoms with E-state index in [1.54, 1.807) is 6.08 Å². The van der Waals surface area contributed by atoms with Gasteiger partial charge in [-0.1, -0.05) is 74.8 Å². The Hall–Kier alpha value is -1.83. The first-order valence-corrected chi connectivity index (χ1v) is 10.7. The summed E-state index contributed by atoms with van der Waals surface area (Å²) in [6.45, 7) is 15.5. The topological polar surface area (TPSA) is 30.8 Å². The molecule has 0 aromatic heterocycles. The molecule has 0 spiro atoms. The fraction of sp³-hybridized carbons (Fsp3) is 0.421. The monoisotopic (exact) mass is 329 g/mol. The van der Waals surface area contributed by atoms with Gasteiger partial charge in [0, 0.05) is 5.56 Å². The summed E-state index contributed by atoms with van der Waals surface area (Å²) in [6, 6.07) is 9.77. The van der Waals surface area contributed by atoms with Gasteiger partial charge in [-0.25, -0.2) is 0 Å². The van der Waals surface area contributed by atoms with Crippen molar-refractivity contribution in [3.8, 4) is 11.8 Å². The van der Waals surface area contributed by atoms with Crippen molar-refractivity contribution in [2.24, 2.45) is 5.16 Å². The zero-order valence-corrected chi connectivity index (χ0v) is 15.8. The van der Waals surface area contributed by atoms with E-state index in [0.717, 1.165) is 5.56 Å². The number of nitrogens with zero attached hydrogens (tertiary/aromatic N) is 1. The second-order valence-corrected chi connectivity index (χ2v) is 11.6. The molecule has 0 atom stereocenters. The van der Waals surface area contributed by atoms with E-state index in [-0.39, 0.29) is 5.04 Å². The molecule has 0 N–H and O–H groups in total. The predicted molar refractivity (Wildman–Crippen MR) is 100 cm³/mol. The summed E-state index contributed by atoms with van der Waals surface area (Å²) in [5, 5.41) is 4.27. The largest absolute Gasteiger partial charge is 0.406 e. The van der Waals surface area contributed by atoms with Crippen LogP contribution in [0.1, 0.15) is 26.3 Å². The van der Waals surface area contributed by atoms with Gasteiger partial charge in [0.1, 0.15) is 6.61 Å². The Bertz CT molecular complexity index is 589. The highest BCUT2D eigenvalue weighted by Crippen LogP contribution is 2.36. The normalized spacial score (nSPS) is 12.3. The number of hydrogen-bond acceptors (Lipinski definition) is 3. The Labute approximate surface area is 141 Å². The Morgan fingerprint density at radius 1 is 1.26 bits per heavy atom. The Morgan fingerprint density at radius 3 is 2.48 bits per heavy atom. The van der Waals surface area contributed by atoms with E-state index in [0.29, 0.717) is 18.9 Å². The Balaban J connectivity index is 2.80. The van der Waals surface area contributed by atoms with E-state index in [1.165, 1.54) is 0 Å². The highest BCUT2D eigenvalue weighted by molar-refractivity contribution is 6.74. The molecule has 4 heteroatoms. The average Bonchev–Trinajstić information content (AvgIpc) is 2.49. The SMILES string of the molecule is C=CCO/N=C(\C#CCO[Si](C)(C)C(C)(C)C)c1ccccc1. The molecule has 0 saturated carbocycles. The molecule has 0 bridgehead atoms. The summed E-state index contributed by atoms with van der Waals surface area (Å²) in [6.07, 6.45) is 1.65. The van der Waals surface area contributed by atoms with Gasteiger partial charge in [-0.15, -0.1) is 0 Å². The van der Waals surface area contributed by atoms with Crippen molar-refractivity contribution in [1.29, 1.82) is 0 Å². The maximum absolute atomic E-state index is 6.06. The zero-order chi connectivity index (χ0) is 17.3. The Morgan fingerprint density at radius 2 is 1.91 bits per heavy atom. The van der Waals surface area contributed by atoms with Gasteiger partial charge in [0.05, 0.1) is 6.61 Å². The zero-order valence-electron chi connectivity index (χ0n) is 14.8. The van der Waals surface area contributed by atoms with Crippen molar-refractivity contribution in [2.45, 2.75) is 38.9 Å². The van der Waals surface area contributed by atoms with E-state index in [2.05, 4.69) is 57.4 Å². The fourth-order valence-electron chi connectivity index (χ4n) is 1.45. The minimum absolute atomic E-state index is 0.179. The first kappa shape index (κ1) is 19.2. The van der Waals surface area contributed by atoms with E-state index in [4.69, 9.17) is 9.26 Å². The van der Waals surface area contributed by atoms with Crippen LogP contribution in [0, 0.1) is 11.8 Å². The molecule has 0 unspecified atom stereocenters. The van der Waals surface area contributed by atoms with Crippen molar-refractivity contribution in [3.63, 3.8) is 0 Å². The van der Waals surface area contributed by atoms with Crippen molar-refractivity contribution in [2.75, 3.05) is 13.2 Å². The molecule has 0 saturated heterocycles. The standard InChI is InChI=1S/C19H27NO2Si/c1-7-15-21-20-18(17-12-9-8-10-13-17)14-11-16-22-23(5,6)19(2,3)4/h7-10,12-13H,1,15-16H2,2-6H3/b20-18+. The van der Waals surface area contributed by atoms with Crippen molar-refractivity contribution < 1.29 is 9.26 Å². The van der Waals surface area contributed by atoms with Crippen LogP contribution in [0.25, 0.3) is 0 Å². The third-order valence-electron chi connectivity index (χ3n) is 3.91. The van der Waals surface area contributed by atoms with Crippen molar-refractivity contribution >= 4 is 14.0 Å². The summed E-state index contributed by atoms with van der Waals surface area (Å²) < 4.78 is 6.06. The second kappa shape index (κ2) is 8.71. The third-order valence-corrected chi connectivity index (χ3v) is 8.39. The lowest BCUT2D eigenvalue weighted by Crippen LogP contribution is -2.40. The highest BCUT2D eigenvalue weighted by Gasteiger charge is 2.36. The van der Waals surface area contributed by atoms with Crippen LogP contribution < -0.4 is 0 Å². The summed E-state index contributed by atoms with van der Waals surface area (Å²) >= 11 is 0. The van der Waals surface area contributed by atoms with Crippen molar-refractivity contribution in [3.05, 3.63) is 48.6 Å². The van der Waals surface area contributed by atoms with E-state index in [9.17, 15) is 0 Å². The Kier molecular flexibility index (Phi) is 7.28. The summed E-state index contributed by atoms with van der Waals surface area (Å²) in [5.74, 6) is 6.12. The summed E-state index contributed by atoms with van der Waals surface area (Å²) in [7, 11) is -1.77. The van der Waals surface area contributed by atoms with Crippen LogP contribution in [0.5, 0.6) is 0 Å². The molecule has 124 valence electrons. The van der Waals surface area contributed by atoms with Gasteiger partial charge in [-0.2, -0.15) is 0 Å². The molecule has 1 rings (SSSR count). The fourth-order valence-corrected chi connectivity index (χ4v) is 2.32. The number of benzene rings is 1. The molecule has 3 nitrogen and oxygen atoms in total. The molecule has 0 heterocycles. The van der Waals surface area contributed by atoms with Crippen LogP contribution in [0.3, 0.4) is 0 Å². The first-order valence-electron chi connectivity index (χ1n) is 7.77. The molecule has 23 heavy (non-hydrogen) atoms. The van der Waals surface area contributed by atoms with Gasteiger partial charge >= 0.3 is 0 Å². The molecule has 0 amide bonds. The van der Waals surface area contributed by atoms with Gasteiger partial charge in [0.25, 0.3) is 0 Å². The quantitative estimate of drug-likeness (QED) is 0.190. The molecule has 0 aliphatic heterocycles. The first-order chi connectivity index (χ1) is 10.8. The molecule has 0 fully saturated rings. The highest BCUT2D eigenvalue weighted by atomic mass is 28.4. The lowest BCUT2D eigenvalue weighted by atomic mass is 10.1. The number of oxime groups is 1. The van der Waals surface area contributed by atoms with Gasteiger partial charge in [0.2, 0.25) is 0 Å². The minimum Gasteiger partial charge on any atom is -0.406 e. The molecular formula is C19H27NO2Si. The lowest BCUT2D eigenvalue weighted by Gasteiger charge is -2.35. The minimum atomic E-state index is -1.77. The van der Waals surface area contributed by atoms with Crippen LogP contribution in [0.15, 0.2) is 48.1 Å². The smallest absolute Gasteiger partial charge is 0.193 e. The molecular weight excluding hydrogens is 302 g/mol. The van der Waals surface area contributed by atoms with Gasteiger partial charge in [0.15, 0.2) is 14.0 Å². The van der Waals surface area contributed by atoms with E-state index >= 15 is 0 Å². The predicted octanol–water partition coefficient (Wildman–Crippen LogP) is 4.62. The van der Waals surface area contributed by atoms with Gasteiger partial charge in [-0.05, 0) is 24.1 Å². The summed E-state index contributed by atoms with van der Waals surface area (Å²) in [4.78, 5) is 5.19. The number of hydrogen-bond donors (Lipinski definition) is 0. The van der Waals surface area contributed by atoms with Crippen LogP contribution in [-0.2, 0) is 9.26 Å². The van der Waals surface area contributed by atoms with Gasteiger partial charge < -0.3 is 9.26 Å². The molecule has 0 aliphatic carbocycles. The van der Waals surface area contributed by atoms with Crippen LogP contribution >= 0.6 is 0 Å². The maximum Gasteiger partial charge on any atom is 0.193 e. The average molecular weight is 330 g/mol. The maximum atomic E-state index is 6.06.